The lowest BCUT2D eigenvalue weighted by Crippen LogP contribution is -2.69. The summed E-state index contributed by atoms with van der Waals surface area (Å²) in [5.74, 6) is -6.38. The lowest BCUT2D eigenvalue weighted by atomic mass is 9.88. The summed E-state index contributed by atoms with van der Waals surface area (Å²) in [5.41, 5.74) is 0.125. The molecule has 0 radical (unpaired) electrons. The van der Waals surface area contributed by atoms with Gasteiger partial charge >= 0.3 is 5.97 Å². The Hall–Kier alpha value is -2.88. The molecular formula is C23H33N3O15. The fourth-order valence-corrected chi connectivity index (χ4v) is 4.37. The first-order chi connectivity index (χ1) is 19.3. The number of aromatic nitrogens is 1. The van der Waals surface area contributed by atoms with Gasteiger partial charge in [0.1, 0.15) is 43.2 Å². The van der Waals surface area contributed by atoms with E-state index in [1.807, 2.05) is 0 Å². The van der Waals surface area contributed by atoms with Crippen LogP contribution >= 0.6 is 0 Å². The van der Waals surface area contributed by atoms with Gasteiger partial charge in [-0.1, -0.05) is 0 Å². The van der Waals surface area contributed by atoms with Gasteiger partial charge in [0.2, 0.25) is 5.91 Å². The Labute approximate surface area is 231 Å². The topological polar surface area (TPSA) is 298 Å². The van der Waals surface area contributed by atoms with Crippen LogP contribution in [-0.2, 0) is 23.8 Å². The number of ether oxygens (including phenoxy) is 3. The molecule has 3 heterocycles. The van der Waals surface area contributed by atoms with Gasteiger partial charge in [-0.2, -0.15) is 0 Å². The van der Waals surface area contributed by atoms with E-state index in [4.69, 9.17) is 19.3 Å². The molecule has 18 nitrogen and oxygen atoms in total. The number of aliphatic hydroxyl groups is 8. The molecule has 0 aromatic carbocycles. The van der Waals surface area contributed by atoms with E-state index in [2.05, 4.69) is 15.6 Å². The molecule has 2 aliphatic rings. The second-order valence-electron chi connectivity index (χ2n) is 9.52. The van der Waals surface area contributed by atoms with Crippen molar-refractivity contribution in [3.05, 3.63) is 30.1 Å². The summed E-state index contributed by atoms with van der Waals surface area (Å²) in [6.45, 7) is -2.54. The third kappa shape index (κ3) is 7.50. The second-order valence-corrected chi connectivity index (χ2v) is 9.52. The zero-order valence-corrected chi connectivity index (χ0v) is 21.3. The summed E-state index contributed by atoms with van der Waals surface area (Å²) in [6.07, 6.45) is -15.1. The van der Waals surface area contributed by atoms with Crippen molar-refractivity contribution in [2.75, 3.05) is 19.8 Å². The number of rotatable bonds is 11. The van der Waals surface area contributed by atoms with Crippen molar-refractivity contribution in [1.82, 2.24) is 15.6 Å². The van der Waals surface area contributed by atoms with Crippen LogP contribution < -0.4 is 10.6 Å². The molecule has 2 amide bonds. The van der Waals surface area contributed by atoms with E-state index in [0.717, 1.165) is 0 Å². The molecule has 230 valence electrons. The lowest BCUT2D eigenvalue weighted by Gasteiger charge is -2.47. The fourth-order valence-electron chi connectivity index (χ4n) is 4.37. The minimum absolute atomic E-state index is 0.125. The van der Waals surface area contributed by atoms with Crippen molar-refractivity contribution in [3.8, 4) is 0 Å². The molecule has 0 aliphatic carbocycles. The van der Waals surface area contributed by atoms with E-state index >= 15 is 0 Å². The number of amides is 2. The van der Waals surface area contributed by atoms with Gasteiger partial charge in [-0.15, -0.1) is 0 Å². The summed E-state index contributed by atoms with van der Waals surface area (Å²) < 4.78 is 15.8. The predicted octanol–water partition coefficient (Wildman–Crippen LogP) is -6.24. The average Bonchev–Trinajstić information content (AvgIpc) is 2.96. The van der Waals surface area contributed by atoms with Crippen LogP contribution in [-0.4, -0.2) is 155 Å². The highest BCUT2D eigenvalue weighted by atomic mass is 16.7. The Morgan fingerprint density at radius 2 is 1.83 bits per heavy atom. The minimum Gasteiger partial charge on any atom is -0.477 e. The van der Waals surface area contributed by atoms with Gasteiger partial charge in [0.15, 0.2) is 6.29 Å². The second kappa shape index (κ2) is 13.9. The first-order valence-electron chi connectivity index (χ1n) is 12.4. The number of carbonyl (C=O) groups excluding carboxylic acids is 2. The molecule has 2 aliphatic heterocycles. The standard InChI is InChI=1S/C23H33N3O15/c27-7-13(30)26-14-10(28)4-23(22(37)38,39-8-12-16(32)17(33)18(34)21(36)40-12)41-19(14)15(31)11(29)6-25-20(35)9-2-1-3-24-5-9/h1-3,5,10-12,14-19,21,27-29,31-34,36H,4,6-8H2,(H,25,35)(H,26,30)(H,37,38)/t10-,11+,12+,14+,15+,16-,17-,18+,19+,21+,23+/m0/s1. The van der Waals surface area contributed by atoms with E-state index in [9.17, 15) is 55.2 Å². The molecule has 0 bridgehead atoms. The molecule has 3 rings (SSSR count). The Bertz CT molecular complexity index is 1050. The fraction of sp³-hybridized carbons (Fsp3) is 0.652. The Morgan fingerprint density at radius 3 is 2.44 bits per heavy atom. The Morgan fingerprint density at radius 1 is 1.12 bits per heavy atom. The lowest BCUT2D eigenvalue weighted by molar-refractivity contribution is -0.334. The summed E-state index contributed by atoms with van der Waals surface area (Å²) in [4.78, 5) is 40.3. The first-order valence-corrected chi connectivity index (χ1v) is 12.4. The maximum Gasteiger partial charge on any atom is 0.364 e. The molecule has 1 aromatic rings. The SMILES string of the molecule is O=C(CO)N[C@H]1[C@H]([C@H](O)[C@H](O)CNC(=O)c2cccnc2)O[C@@](OC[C@H]2O[C@@H](O)[C@H](O)[C@@H](O)[C@H]2O)(C(=O)O)C[C@@H]1O. The summed E-state index contributed by atoms with van der Waals surface area (Å²) in [6, 6.07) is 1.31. The highest BCUT2D eigenvalue weighted by molar-refractivity contribution is 5.93. The Balaban J connectivity index is 1.80. The number of carboxylic acid groups (broad SMARTS) is 1. The largest absolute Gasteiger partial charge is 0.477 e. The van der Waals surface area contributed by atoms with Crippen LogP contribution in [0, 0.1) is 0 Å². The molecule has 41 heavy (non-hydrogen) atoms. The number of aliphatic carboxylic acids is 1. The number of pyridine rings is 1. The summed E-state index contributed by atoms with van der Waals surface area (Å²) in [5, 5.41) is 95.3. The number of nitrogens with zero attached hydrogens (tertiary/aromatic N) is 1. The van der Waals surface area contributed by atoms with Crippen LogP contribution in [0.15, 0.2) is 24.5 Å². The van der Waals surface area contributed by atoms with Gasteiger partial charge in [0.05, 0.1) is 30.4 Å². The van der Waals surface area contributed by atoms with Crippen molar-refractivity contribution in [3.63, 3.8) is 0 Å². The van der Waals surface area contributed by atoms with Crippen LogP contribution in [0.25, 0.3) is 0 Å². The van der Waals surface area contributed by atoms with Crippen molar-refractivity contribution in [2.24, 2.45) is 0 Å². The number of carboxylic acids is 1. The van der Waals surface area contributed by atoms with Gasteiger partial charge < -0.3 is 70.8 Å². The van der Waals surface area contributed by atoms with E-state index in [1.54, 1.807) is 0 Å². The van der Waals surface area contributed by atoms with Crippen molar-refractivity contribution in [2.45, 2.75) is 73.4 Å². The molecule has 1 aromatic heterocycles. The quantitative estimate of drug-likeness (QED) is 0.114. The highest BCUT2D eigenvalue weighted by Gasteiger charge is 2.56. The van der Waals surface area contributed by atoms with Crippen molar-refractivity contribution in [1.29, 1.82) is 0 Å². The minimum atomic E-state index is -2.81. The molecule has 18 heteroatoms. The number of nitrogens with one attached hydrogen (secondary N) is 2. The van der Waals surface area contributed by atoms with E-state index in [1.165, 1.54) is 24.5 Å². The zero-order chi connectivity index (χ0) is 30.5. The molecule has 0 spiro atoms. The maximum absolute atomic E-state index is 12.3. The molecule has 0 unspecified atom stereocenters. The van der Waals surface area contributed by atoms with Gasteiger partial charge in [-0.25, -0.2) is 4.79 Å². The van der Waals surface area contributed by atoms with E-state index in [0.29, 0.717) is 0 Å². The van der Waals surface area contributed by atoms with Gasteiger partial charge in [0.25, 0.3) is 11.7 Å². The summed E-state index contributed by atoms with van der Waals surface area (Å²) in [7, 11) is 0. The van der Waals surface area contributed by atoms with E-state index < -0.39 is 111 Å². The van der Waals surface area contributed by atoms with Crippen LogP contribution in [0.2, 0.25) is 0 Å². The third-order valence-corrected chi connectivity index (χ3v) is 6.66. The highest BCUT2D eigenvalue weighted by Crippen LogP contribution is 2.34. The van der Waals surface area contributed by atoms with Crippen molar-refractivity contribution < 1.29 is 74.6 Å². The monoisotopic (exact) mass is 591 g/mol. The first kappa shape index (κ1) is 32.6. The van der Waals surface area contributed by atoms with Crippen LogP contribution in [0.4, 0.5) is 0 Å². The predicted molar refractivity (Wildman–Crippen MR) is 128 cm³/mol. The molecular weight excluding hydrogens is 558 g/mol. The number of hydrogen-bond acceptors (Lipinski definition) is 15. The van der Waals surface area contributed by atoms with Crippen LogP contribution in [0.3, 0.4) is 0 Å². The van der Waals surface area contributed by atoms with Gasteiger partial charge in [0, 0.05) is 25.4 Å². The molecule has 0 saturated carbocycles. The van der Waals surface area contributed by atoms with Crippen LogP contribution in [0.5, 0.6) is 0 Å². The van der Waals surface area contributed by atoms with E-state index in [-0.39, 0.29) is 5.56 Å². The maximum atomic E-state index is 12.3. The number of aliphatic hydroxyl groups excluding tert-OH is 8. The normalized spacial score (nSPS) is 35.2. The Kier molecular flexibility index (Phi) is 11.0. The zero-order valence-electron chi connectivity index (χ0n) is 21.3. The molecule has 11 atom stereocenters. The number of carbonyl (C=O) groups is 3. The molecule has 11 N–H and O–H groups in total. The van der Waals surface area contributed by atoms with Crippen LogP contribution in [0.1, 0.15) is 16.8 Å². The summed E-state index contributed by atoms with van der Waals surface area (Å²) >= 11 is 0. The number of hydrogen-bond donors (Lipinski definition) is 11. The average molecular weight is 592 g/mol. The van der Waals surface area contributed by atoms with Gasteiger partial charge in [-0.3, -0.25) is 14.6 Å². The molecule has 2 saturated heterocycles. The van der Waals surface area contributed by atoms with Crippen molar-refractivity contribution >= 4 is 17.8 Å². The molecule has 2 fully saturated rings. The smallest absolute Gasteiger partial charge is 0.364 e. The van der Waals surface area contributed by atoms with Gasteiger partial charge in [-0.05, 0) is 12.1 Å². The third-order valence-electron chi connectivity index (χ3n) is 6.66.